The molecule has 3 aromatic carbocycles. The number of ether oxygens (including phenoxy) is 3. The molecule has 1 aliphatic rings. The van der Waals surface area contributed by atoms with Crippen LogP contribution in [0.5, 0.6) is 17.2 Å². The largest absolute Gasteiger partial charge is 0.495 e. The van der Waals surface area contributed by atoms with Gasteiger partial charge in [0, 0.05) is 48.3 Å². The molecule has 3 N–H and O–H groups in total. The van der Waals surface area contributed by atoms with Gasteiger partial charge in [0.2, 0.25) is 0 Å². The van der Waals surface area contributed by atoms with Crippen molar-refractivity contribution in [2.45, 2.75) is 44.6 Å². The summed E-state index contributed by atoms with van der Waals surface area (Å²) in [6.45, 7) is -0.0656. The maximum atomic E-state index is 11.6. The van der Waals surface area contributed by atoms with Crippen LogP contribution in [0, 0.1) is 11.3 Å². The molecular formula is C34H31Cl2N3O6. The lowest BCUT2D eigenvalue weighted by molar-refractivity contribution is -0.140. The van der Waals surface area contributed by atoms with E-state index in [0.29, 0.717) is 44.0 Å². The lowest BCUT2D eigenvalue weighted by atomic mass is 9.96. The maximum absolute atomic E-state index is 11.6. The van der Waals surface area contributed by atoms with Crippen molar-refractivity contribution in [3.63, 3.8) is 0 Å². The van der Waals surface area contributed by atoms with Gasteiger partial charge in [-0.05, 0) is 54.2 Å². The normalized spacial score (nSPS) is 14.3. The summed E-state index contributed by atoms with van der Waals surface area (Å²) in [6.07, 6.45) is 4.32. The zero-order valence-electron chi connectivity index (χ0n) is 24.4. The highest BCUT2D eigenvalue weighted by Crippen LogP contribution is 2.45. The molecule has 1 aliphatic carbocycles. The van der Waals surface area contributed by atoms with Crippen LogP contribution in [-0.2, 0) is 24.4 Å². The van der Waals surface area contributed by atoms with E-state index in [9.17, 15) is 20.3 Å². The number of nitrogens with zero attached hydrogens (tertiary/aromatic N) is 2. The minimum atomic E-state index is -1.08. The van der Waals surface area contributed by atoms with Crippen LogP contribution in [0.2, 0.25) is 10.0 Å². The third-order valence-corrected chi connectivity index (χ3v) is 8.33. The van der Waals surface area contributed by atoms with Crippen LogP contribution in [-0.4, -0.2) is 40.9 Å². The third-order valence-electron chi connectivity index (χ3n) is 7.65. The van der Waals surface area contributed by atoms with E-state index in [1.165, 1.54) is 6.20 Å². The highest BCUT2D eigenvalue weighted by Gasteiger charge is 2.28. The van der Waals surface area contributed by atoms with E-state index in [4.69, 9.17) is 37.4 Å². The Morgan fingerprint density at radius 2 is 1.91 bits per heavy atom. The smallest absolute Gasteiger partial charge is 0.320 e. The second-order valence-electron chi connectivity index (χ2n) is 10.5. The van der Waals surface area contributed by atoms with Gasteiger partial charge in [-0.15, -0.1) is 0 Å². The third kappa shape index (κ3) is 7.32. The number of halogens is 2. The Morgan fingerprint density at radius 1 is 1.11 bits per heavy atom. The number of nitriles is 1. The van der Waals surface area contributed by atoms with Crippen molar-refractivity contribution in [2.24, 2.45) is 0 Å². The number of aromatic nitrogens is 1. The minimum Gasteiger partial charge on any atom is -0.495 e. The first kappa shape index (κ1) is 32.1. The molecule has 45 heavy (non-hydrogen) atoms. The first-order valence-electron chi connectivity index (χ1n) is 14.3. The summed E-state index contributed by atoms with van der Waals surface area (Å²) in [6, 6.07) is 17.9. The van der Waals surface area contributed by atoms with Crippen molar-refractivity contribution in [3.8, 4) is 34.4 Å². The molecule has 0 saturated carbocycles. The number of carboxylic acids is 1. The molecule has 232 valence electrons. The molecule has 1 heterocycles. The molecule has 0 spiro atoms. The quantitative estimate of drug-likeness (QED) is 0.148. The summed E-state index contributed by atoms with van der Waals surface area (Å²) in [4.78, 5) is 15.7. The summed E-state index contributed by atoms with van der Waals surface area (Å²) in [5, 5.41) is 31.9. The van der Waals surface area contributed by atoms with Crippen LogP contribution < -0.4 is 19.5 Å². The van der Waals surface area contributed by atoms with Crippen LogP contribution >= 0.6 is 23.2 Å². The number of rotatable bonds is 13. The molecule has 1 aromatic heterocycles. The zero-order chi connectivity index (χ0) is 31.9. The van der Waals surface area contributed by atoms with Gasteiger partial charge >= 0.3 is 5.97 Å². The number of fused-ring (bicyclic) bond motifs is 1. The number of carbonyl (C=O) groups is 1. The molecule has 0 unspecified atom stereocenters. The van der Waals surface area contributed by atoms with Crippen molar-refractivity contribution >= 4 is 29.2 Å². The van der Waals surface area contributed by atoms with Gasteiger partial charge in [-0.2, -0.15) is 5.26 Å². The topological polar surface area (TPSA) is 134 Å². The lowest BCUT2D eigenvalue weighted by Crippen LogP contribution is -2.37. The Kier molecular flexibility index (Phi) is 10.4. The van der Waals surface area contributed by atoms with Gasteiger partial charge in [0.15, 0.2) is 0 Å². The SMILES string of the molecule is COc1cccc(-c2cccc3c2CC[C@@H]3Oc2cc(OCc3cncc(C#N)c3)c(CN[C@@H](CCO)C(=O)O)cc2Cl)c1Cl. The molecule has 11 heteroatoms. The number of hydrogen-bond donors (Lipinski definition) is 3. The zero-order valence-corrected chi connectivity index (χ0v) is 25.9. The van der Waals surface area contributed by atoms with E-state index in [1.54, 1.807) is 31.5 Å². The number of nitrogens with one attached hydrogen (secondary N) is 1. The second kappa shape index (κ2) is 14.6. The number of aliphatic hydroxyl groups is 1. The minimum absolute atomic E-state index is 0.0388. The molecule has 0 aliphatic heterocycles. The number of pyridine rings is 1. The Hall–Kier alpha value is -4.33. The van der Waals surface area contributed by atoms with E-state index in [1.807, 2.05) is 36.4 Å². The predicted octanol–water partition coefficient (Wildman–Crippen LogP) is 6.51. The lowest BCUT2D eigenvalue weighted by Gasteiger charge is -2.21. The standard InChI is InChI=1S/C34H31Cl2N3O6/c1-43-30-7-3-6-26(33(30)36)23-4-2-5-25-24(23)8-9-29(25)45-32-14-31(44-19-21-12-20(15-37)16-38-17-21)22(13-27(32)35)18-39-28(10-11-40)34(41)42/h2-7,12-14,16-17,28-29,39-40H,8-11,18-19H2,1H3,(H,41,42)/t28-,29-/m0/s1. The summed E-state index contributed by atoms with van der Waals surface area (Å²) >= 11 is 13.4. The molecule has 5 rings (SSSR count). The fraction of sp³-hybridized carbons (Fsp3) is 0.265. The molecule has 0 fully saturated rings. The molecule has 0 saturated heterocycles. The van der Waals surface area contributed by atoms with Crippen molar-refractivity contribution in [2.75, 3.05) is 13.7 Å². The van der Waals surface area contributed by atoms with Gasteiger partial charge in [-0.25, -0.2) is 0 Å². The Bertz CT molecular complexity index is 1740. The fourth-order valence-electron chi connectivity index (χ4n) is 5.42. The molecule has 9 nitrogen and oxygen atoms in total. The summed E-state index contributed by atoms with van der Waals surface area (Å²) in [7, 11) is 1.59. The Morgan fingerprint density at radius 3 is 2.67 bits per heavy atom. The van der Waals surface area contributed by atoms with Crippen LogP contribution in [0.1, 0.15) is 46.8 Å². The number of hydrogen-bond acceptors (Lipinski definition) is 8. The average Bonchev–Trinajstić information content (AvgIpc) is 3.46. The first-order chi connectivity index (χ1) is 21.8. The number of aliphatic hydroxyl groups excluding tert-OH is 1. The van der Waals surface area contributed by atoms with Crippen molar-refractivity contribution < 1.29 is 29.2 Å². The van der Waals surface area contributed by atoms with Gasteiger partial charge < -0.3 is 29.7 Å². The summed E-state index contributed by atoms with van der Waals surface area (Å²) < 4.78 is 18.1. The van der Waals surface area contributed by atoms with Crippen molar-refractivity contribution in [3.05, 3.63) is 105 Å². The van der Waals surface area contributed by atoms with Crippen LogP contribution in [0.3, 0.4) is 0 Å². The van der Waals surface area contributed by atoms with Gasteiger partial charge in [-0.1, -0.05) is 53.5 Å². The maximum Gasteiger partial charge on any atom is 0.320 e. The van der Waals surface area contributed by atoms with Crippen LogP contribution in [0.4, 0.5) is 0 Å². The van der Waals surface area contributed by atoms with Crippen LogP contribution in [0.25, 0.3) is 11.1 Å². The molecule has 0 bridgehead atoms. The molecular weight excluding hydrogens is 617 g/mol. The molecule has 0 amide bonds. The van der Waals surface area contributed by atoms with Gasteiger partial charge in [-0.3, -0.25) is 9.78 Å². The Balaban J connectivity index is 1.44. The number of benzene rings is 3. The van der Waals surface area contributed by atoms with E-state index in [0.717, 1.165) is 35.1 Å². The second-order valence-corrected chi connectivity index (χ2v) is 11.3. The van der Waals surface area contributed by atoms with E-state index < -0.39 is 12.0 Å². The highest BCUT2D eigenvalue weighted by atomic mass is 35.5. The van der Waals surface area contributed by atoms with Crippen LogP contribution in [0.15, 0.2) is 67.0 Å². The molecule has 2 atom stereocenters. The van der Waals surface area contributed by atoms with Crippen molar-refractivity contribution in [1.29, 1.82) is 5.26 Å². The van der Waals surface area contributed by atoms with Gasteiger partial charge in [0.25, 0.3) is 0 Å². The molecule has 4 aromatic rings. The highest BCUT2D eigenvalue weighted by molar-refractivity contribution is 6.35. The van der Waals surface area contributed by atoms with E-state index >= 15 is 0 Å². The Labute approximate surface area is 270 Å². The summed E-state index contributed by atoms with van der Waals surface area (Å²) in [5.41, 5.74) is 5.76. The number of carboxylic acid groups (broad SMARTS) is 1. The van der Waals surface area contributed by atoms with E-state index in [-0.39, 0.29) is 32.3 Å². The van der Waals surface area contributed by atoms with Crippen molar-refractivity contribution in [1.82, 2.24) is 10.3 Å². The number of aliphatic carboxylic acids is 1. The van der Waals surface area contributed by atoms with Gasteiger partial charge in [0.1, 0.15) is 42.1 Å². The summed E-state index contributed by atoms with van der Waals surface area (Å²) in [5.74, 6) is 0.360. The van der Waals surface area contributed by atoms with Gasteiger partial charge in [0.05, 0.1) is 22.7 Å². The van der Waals surface area contributed by atoms with E-state index in [2.05, 4.69) is 16.4 Å². The number of methoxy groups -OCH3 is 1. The monoisotopic (exact) mass is 647 g/mol. The molecule has 0 radical (unpaired) electrons. The fourth-order valence-corrected chi connectivity index (χ4v) is 5.96. The predicted molar refractivity (Wildman–Crippen MR) is 170 cm³/mol. The first-order valence-corrected chi connectivity index (χ1v) is 15.1. The average molecular weight is 649 g/mol.